The molecule has 1 aromatic heterocycles. The first-order chi connectivity index (χ1) is 17.4. The molecule has 0 radical (unpaired) electrons. The second kappa shape index (κ2) is 10.8. The Bertz CT molecular complexity index is 1650. The van der Waals surface area contributed by atoms with Crippen molar-refractivity contribution in [2.75, 3.05) is 12.4 Å². The maximum absolute atomic E-state index is 14.4. The molecule has 0 aliphatic rings. The quantitative estimate of drug-likeness (QED) is 0.238. The third-order valence-electron chi connectivity index (χ3n) is 6.14. The second-order valence-corrected chi connectivity index (χ2v) is 10.5. The number of halogens is 2. The molecule has 0 atom stereocenters. The van der Waals surface area contributed by atoms with Crippen molar-refractivity contribution < 1.29 is 12.8 Å². The van der Waals surface area contributed by atoms with Crippen LogP contribution in [0.2, 0.25) is 0 Å². The molecule has 37 heavy (non-hydrogen) atoms. The molecule has 0 spiro atoms. The van der Waals surface area contributed by atoms with Gasteiger partial charge in [0, 0.05) is 23.8 Å². The van der Waals surface area contributed by atoms with E-state index in [-0.39, 0.29) is 23.1 Å². The standard InChI is InChI=1S/C29H26FN3O2S.ClH/c1-20-8-15-28(27(30)16-20)32-24-11-14-26-23(18-31-2)19-33(29(26)17-24)36(34,35)25-12-9-22(10-13-25)21-6-4-3-5-7-21;/h3-17,19,31-32H,18H2,1-2H3;1H. The molecule has 5 nitrogen and oxygen atoms in total. The predicted octanol–water partition coefficient (Wildman–Crippen LogP) is 6.88. The number of nitrogens with zero attached hydrogens (tertiary/aromatic N) is 1. The second-order valence-electron chi connectivity index (χ2n) is 8.72. The lowest BCUT2D eigenvalue weighted by molar-refractivity contribution is 0.589. The van der Waals surface area contributed by atoms with Gasteiger partial charge in [-0.1, -0.05) is 54.6 Å². The van der Waals surface area contributed by atoms with Crippen molar-refractivity contribution in [3.05, 3.63) is 114 Å². The number of hydrogen-bond donors (Lipinski definition) is 2. The van der Waals surface area contributed by atoms with Crippen LogP contribution in [0.5, 0.6) is 0 Å². The minimum Gasteiger partial charge on any atom is -0.353 e. The van der Waals surface area contributed by atoms with Gasteiger partial charge in [-0.05, 0) is 72.6 Å². The SMILES string of the molecule is CNCc1cn(S(=O)(=O)c2ccc(-c3ccccc3)cc2)c2cc(Nc3ccc(C)cc3F)ccc12.Cl. The van der Waals surface area contributed by atoms with E-state index in [0.29, 0.717) is 23.4 Å². The fraction of sp³-hybridized carbons (Fsp3) is 0.103. The van der Waals surface area contributed by atoms with E-state index in [1.807, 2.05) is 74.6 Å². The molecule has 5 rings (SSSR count). The summed E-state index contributed by atoms with van der Waals surface area (Å²) in [6.45, 7) is 2.33. The molecule has 0 amide bonds. The fourth-order valence-corrected chi connectivity index (χ4v) is 5.70. The third-order valence-corrected chi connectivity index (χ3v) is 7.83. The number of aryl methyl sites for hydroxylation is 1. The maximum atomic E-state index is 14.4. The lowest BCUT2D eigenvalue weighted by Gasteiger charge is -2.11. The van der Waals surface area contributed by atoms with Crippen LogP contribution in [0.1, 0.15) is 11.1 Å². The summed E-state index contributed by atoms with van der Waals surface area (Å²) >= 11 is 0. The Labute approximate surface area is 222 Å². The van der Waals surface area contributed by atoms with Crippen LogP contribution in [0, 0.1) is 12.7 Å². The van der Waals surface area contributed by atoms with E-state index in [9.17, 15) is 12.8 Å². The molecule has 1 heterocycles. The number of anilines is 2. The van der Waals surface area contributed by atoms with Crippen LogP contribution in [-0.2, 0) is 16.6 Å². The van der Waals surface area contributed by atoms with Crippen LogP contribution in [0.25, 0.3) is 22.0 Å². The molecule has 0 bridgehead atoms. The maximum Gasteiger partial charge on any atom is 0.268 e. The third kappa shape index (κ3) is 5.25. The van der Waals surface area contributed by atoms with Crippen LogP contribution in [0.4, 0.5) is 15.8 Å². The van der Waals surface area contributed by atoms with Gasteiger partial charge >= 0.3 is 0 Å². The molecule has 5 aromatic rings. The molecular formula is C29H27ClFN3O2S. The Kier molecular flexibility index (Phi) is 7.68. The van der Waals surface area contributed by atoms with Crippen molar-refractivity contribution in [2.45, 2.75) is 18.4 Å². The zero-order chi connectivity index (χ0) is 25.3. The monoisotopic (exact) mass is 535 g/mol. The van der Waals surface area contributed by atoms with Crippen molar-refractivity contribution >= 4 is 44.7 Å². The highest BCUT2D eigenvalue weighted by molar-refractivity contribution is 7.90. The molecule has 0 aliphatic carbocycles. The summed E-state index contributed by atoms with van der Waals surface area (Å²) in [7, 11) is -2.06. The summed E-state index contributed by atoms with van der Waals surface area (Å²) in [6, 6.07) is 27.1. The Morgan fingerprint density at radius 3 is 2.24 bits per heavy atom. The first kappa shape index (κ1) is 26.4. The summed E-state index contributed by atoms with van der Waals surface area (Å²) in [4.78, 5) is 0.193. The molecule has 8 heteroatoms. The highest BCUT2D eigenvalue weighted by Gasteiger charge is 2.22. The molecule has 4 aromatic carbocycles. The summed E-state index contributed by atoms with van der Waals surface area (Å²) in [5, 5.41) is 6.99. The van der Waals surface area contributed by atoms with Gasteiger partial charge in [0.15, 0.2) is 0 Å². The predicted molar refractivity (Wildman–Crippen MR) is 151 cm³/mol. The molecule has 0 unspecified atom stereocenters. The van der Waals surface area contributed by atoms with Crippen LogP contribution >= 0.6 is 12.4 Å². The molecule has 0 fully saturated rings. The summed E-state index contributed by atoms with van der Waals surface area (Å²) in [5.41, 5.74) is 5.07. The van der Waals surface area contributed by atoms with Gasteiger partial charge in [-0.2, -0.15) is 0 Å². The number of benzene rings is 4. The molecule has 0 aliphatic heterocycles. The van der Waals surface area contributed by atoms with Crippen LogP contribution in [0.15, 0.2) is 102 Å². The van der Waals surface area contributed by atoms with Gasteiger partial charge in [0.25, 0.3) is 10.0 Å². The normalized spacial score (nSPS) is 11.3. The van der Waals surface area contributed by atoms with Crippen molar-refractivity contribution in [3.63, 3.8) is 0 Å². The van der Waals surface area contributed by atoms with Gasteiger partial charge in [-0.15, -0.1) is 12.4 Å². The van der Waals surface area contributed by atoms with E-state index >= 15 is 0 Å². The van der Waals surface area contributed by atoms with Crippen LogP contribution < -0.4 is 10.6 Å². The lowest BCUT2D eigenvalue weighted by atomic mass is 10.1. The van der Waals surface area contributed by atoms with Crippen LogP contribution in [0.3, 0.4) is 0 Å². The largest absolute Gasteiger partial charge is 0.353 e. The van der Waals surface area contributed by atoms with Gasteiger partial charge in [0.05, 0.1) is 16.1 Å². The topological polar surface area (TPSA) is 63.1 Å². The van der Waals surface area contributed by atoms with E-state index in [0.717, 1.165) is 27.6 Å². The number of fused-ring (bicyclic) bond motifs is 1. The van der Waals surface area contributed by atoms with Crippen molar-refractivity contribution in [1.29, 1.82) is 0 Å². The lowest BCUT2D eigenvalue weighted by Crippen LogP contribution is -2.12. The summed E-state index contributed by atoms with van der Waals surface area (Å²) < 4.78 is 43.2. The number of nitrogens with one attached hydrogen (secondary N) is 2. The Morgan fingerprint density at radius 1 is 0.865 bits per heavy atom. The Hall–Kier alpha value is -3.65. The Morgan fingerprint density at radius 2 is 1.57 bits per heavy atom. The first-order valence-corrected chi connectivity index (χ1v) is 13.0. The van der Waals surface area contributed by atoms with E-state index in [2.05, 4.69) is 10.6 Å². The van der Waals surface area contributed by atoms with Gasteiger partial charge in [-0.25, -0.2) is 16.8 Å². The van der Waals surface area contributed by atoms with Gasteiger partial charge in [0.2, 0.25) is 0 Å². The number of aromatic nitrogens is 1. The zero-order valence-corrected chi connectivity index (χ0v) is 22.0. The van der Waals surface area contributed by atoms with E-state index in [4.69, 9.17) is 0 Å². The minimum atomic E-state index is -3.88. The Balaban J connectivity index is 0.00000320. The molecule has 2 N–H and O–H groups in total. The average molecular weight is 536 g/mol. The smallest absolute Gasteiger partial charge is 0.268 e. The van der Waals surface area contributed by atoms with E-state index in [1.165, 1.54) is 10.0 Å². The van der Waals surface area contributed by atoms with E-state index in [1.54, 1.807) is 30.5 Å². The minimum absolute atomic E-state index is 0. The van der Waals surface area contributed by atoms with Crippen LogP contribution in [-0.4, -0.2) is 19.4 Å². The summed E-state index contributed by atoms with van der Waals surface area (Å²) in [6.07, 6.45) is 1.65. The molecular weight excluding hydrogens is 509 g/mol. The van der Waals surface area contributed by atoms with Gasteiger partial charge in [0.1, 0.15) is 5.82 Å². The van der Waals surface area contributed by atoms with Gasteiger partial charge in [-0.3, -0.25) is 0 Å². The highest BCUT2D eigenvalue weighted by atomic mass is 35.5. The van der Waals surface area contributed by atoms with Gasteiger partial charge < -0.3 is 10.6 Å². The number of rotatable bonds is 7. The fourth-order valence-electron chi connectivity index (χ4n) is 4.31. The van der Waals surface area contributed by atoms with Crippen molar-refractivity contribution in [1.82, 2.24) is 9.29 Å². The van der Waals surface area contributed by atoms with Crippen molar-refractivity contribution in [3.8, 4) is 11.1 Å². The average Bonchev–Trinajstić information content (AvgIpc) is 3.25. The van der Waals surface area contributed by atoms with Crippen molar-refractivity contribution in [2.24, 2.45) is 0 Å². The molecule has 190 valence electrons. The number of hydrogen-bond acceptors (Lipinski definition) is 4. The molecule has 0 saturated carbocycles. The highest BCUT2D eigenvalue weighted by Crippen LogP contribution is 2.31. The zero-order valence-electron chi connectivity index (χ0n) is 20.4. The summed E-state index contributed by atoms with van der Waals surface area (Å²) in [5.74, 6) is -0.368. The van der Waals surface area contributed by atoms with E-state index < -0.39 is 10.0 Å². The molecule has 0 saturated heterocycles. The first-order valence-electron chi connectivity index (χ1n) is 11.6.